The summed E-state index contributed by atoms with van der Waals surface area (Å²) in [7, 11) is 1.24. The van der Waals surface area contributed by atoms with Crippen molar-refractivity contribution in [1.29, 1.82) is 0 Å². The molecule has 2 rings (SSSR count). The quantitative estimate of drug-likeness (QED) is 0.684. The summed E-state index contributed by atoms with van der Waals surface area (Å²) in [6.07, 6.45) is 1.37. The molecule has 0 atom stereocenters. The van der Waals surface area contributed by atoms with E-state index in [1.54, 1.807) is 30.3 Å². The van der Waals surface area contributed by atoms with Gasteiger partial charge in [-0.3, -0.25) is 0 Å². The molecule has 0 saturated carbocycles. The SMILES string of the molecule is COC(=O)c1ccc(/C=C(\C(=O)O)c2ccccc2)o1. The largest absolute Gasteiger partial charge is 0.478 e. The number of rotatable bonds is 4. The Labute approximate surface area is 115 Å². The second-order valence-corrected chi connectivity index (χ2v) is 3.92. The molecule has 5 nitrogen and oxygen atoms in total. The summed E-state index contributed by atoms with van der Waals surface area (Å²) in [4.78, 5) is 22.6. The van der Waals surface area contributed by atoms with Crippen molar-refractivity contribution in [2.24, 2.45) is 0 Å². The summed E-state index contributed by atoms with van der Waals surface area (Å²) >= 11 is 0. The first-order valence-corrected chi connectivity index (χ1v) is 5.80. The average Bonchev–Trinajstić information content (AvgIpc) is 2.93. The smallest absolute Gasteiger partial charge is 0.373 e. The average molecular weight is 272 g/mol. The Morgan fingerprint density at radius 3 is 2.45 bits per heavy atom. The van der Waals surface area contributed by atoms with Gasteiger partial charge in [-0.05, 0) is 23.8 Å². The van der Waals surface area contributed by atoms with E-state index in [4.69, 9.17) is 4.42 Å². The summed E-state index contributed by atoms with van der Waals surface area (Å²) in [6, 6.07) is 11.6. The first kappa shape index (κ1) is 13.6. The number of methoxy groups -OCH3 is 1. The van der Waals surface area contributed by atoms with Crippen molar-refractivity contribution in [3.05, 3.63) is 59.5 Å². The van der Waals surface area contributed by atoms with Gasteiger partial charge < -0.3 is 14.3 Å². The van der Waals surface area contributed by atoms with Crippen molar-refractivity contribution in [3.63, 3.8) is 0 Å². The first-order chi connectivity index (χ1) is 9.61. The number of carbonyl (C=O) groups excluding carboxylic acids is 1. The molecule has 0 fully saturated rings. The Morgan fingerprint density at radius 2 is 1.85 bits per heavy atom. The summed E-state index contributed by atoms with van der Waals surface area (Å²) in [6.45, 7) is 0. The van der Waals surface area contributed by atoms with E-state index in [0.717, 1.165) is 0 Å². The van der Waals surface area contributed by atoms with Crippen LogP contribution in [0.15, 0.2) is 46.9 Å². The molecule has 102 valence electrons. The van der Waals surface area contributed by atoms with E-state index in [1.165, 1.54) is 25.3 Å². The number of aliphatic carboxylic acids is 1. The summed E-state index contributed by atoms with van der Waals surface area (Å²) in [5.74, 6) is -1.39. The van der Waals surface area contributed by atoms with Crippen molar-refractivity contribution in [2.75, 3.05) is 7.11 Å². The minimum absolute atomic E-state index is 0.0246. The van der Waals surface area contributed by atoms with Crippen LogP contribution >= 0.6 is 0 Å². The van der Waals surface area contributed by atoms with Gasteiger partial charge in [0, 0.05) is 0 Å². The Kier molecular flexibility index (Phi) is 4.00. The topological polar surface area (TPSA) is 76.7 Å². The van der Waals surface area contributed by atoms with Crippen LogP contribution in [0.25, 0.3) is 11.6 Å². The number of esters is 1. The molecule has 0 spiro atoms. The fraction of sp³-hybridized carbons (Fsp3) is 0.0667. The lowest BCUT2D eigenvalue weighted by atomic mass is 10.1. The summed E-state index contributed by atoms with van der Waals surface area (Å²) < 4.78 is 9.74. The molecule has 0 saturated heterocycles. The first-order valence-electron chi connectivity index (χ1n) is 5.80. The highest BCUT2D eigenvalue weighted by molar-refractivity contribution is 6.20. The van der Waals surface area contributed by atoms with Crippen LogP contribution in [0.2, 0.25) is 0 Å². The number of benzene rings is 1. The third kappa shape index (κ3) is 2.95. The molecule has 0 unspecified atom stereocenters. The van der Waals surface area contributed by atoms with E-state index < -0.39 is 11.9 Å². The highest BCUT2D eigenvalue weighted by Gasteiger charge is 2.14. The maximum absolute atomic E-state index is 11.3. The molecule has 0 amide bonds. The predicted molar refractivity (Wildman–Crippen MR) is 72.0 cm³/mol. The van der Waals surface area contributed by atoms with Gasteiger partial charge in [-0.2, -0.15) is 0 Å². The highest BCUT2D eigenvalue weighted by atomic mass is 16.5. The van der Waals surface area contributed by atoms with E-state index in [2.05, 4.69) is 4.74 Å². The second kappa shape index (κ2) is 5.88. The Bertz CT molecular complexity index is 652. The van der Waals surface area contributed by atoms with Gasteiger partial charge in [0.2, 0.25) is 5.76 Å². The Morgan fingerprint density at radius 1 is 1.15 bits per heavy atom. The van der Waals surface area contributed by atoms with Gasteiger partial charge in [0.05, 0.1) is 12.7 Å². The van der Waals surface area contributed by atoms with E-state index in [9.17, 15) is 14.7 Å². The molecular formula is C15H12O5. The molecule has 20 heavy (non-hydrogen) atoms. The molecule has 0 aliphatic carbocycles. The Hall–Kier alpha value is -2.82. The standard InChI is InChI=1S/C15H12O5/c1-19-15(18)13-8-7-11(20-13)9-12(14(16)17)10-5-3-2-4-6-10/h2-9H,1H3,(H,16,17)/b12-9-. The zero-order chi connectivity index (χ0) is 14.5. The molecule has 2 aromatic rings. The third-order valence-electron chi connectivity index (χ3n) is 2.62. The van der Waals surface area contributed by atoms with Crippen LogP contribution in [0.1, 0.15) is 21.9 Å². The molecule has 0 aliphatic rings. The third-order valence-corrected chi connectivity index (χ3v) is 2.62. The number of ether oxygens (including phenoxy) is 1. The van der Waals surface area contributed by atoms with Crippen LogP contribution in [0.5, 0.6) is 0 Å². The molecule has 1 N–H and O–H groups in total. The van der Waals surface area contributed by atoms with Gasteiger partial charge in [0.25, 0.3) is 0 Å². The van der Waals surface area contributed by atoms with Crippen molar-refractivity contribution < 1.29 is 23.8 Å². The van der Waals surface area contributed by atoms with Crippen LogP contribution in [-0.2, 0) is 9.53 Å². The van der Waals surface area contributed by atoms with Crippen LogP contribution in [0.4, 0.5) is 0 Å². The molecular weight excluding hydrogens is 260 g/mol. The van der Waals surface area contributed by atoms with E-state index in [1.807, 2.05) is 0 Å². The minimum Gasteiger partial charge on any atom is -0.478 e. The molecule has 1 aromatic carbocycles. The maximum Gasteiger partial charge on any atom is 0.373 e. The number of furan rings is 1. The van der Waals surface area contributed by atoms with Gasteiger partial charge >= 0.3 is 11.9 Å². The number of hydrogen-bond donors (Lipinski definition) is 1. The van der Waals surface area contributed by atoms with Crippen molar-refractivity contribution >= 4 is 23.6 Å². The molecule has 0 radical (unpaired) electrons. The number of carboxylic acids is 1. The van der Waals surface area contributed by atoms with Crippen LogP contribution in [0.3, 0.4) is 0 Å². The normalized spacial score (nSPS) is 11.2. The molecule has 1 aromatic heterocycles. The minimum atomic E-state index is -1.08. The molecule has 5 heteroatoms. The maximum atomic E-state index is 11.3. The summed E-state index contributed by atoms with van der Waals surface area (Å²) in [5, 5.41) is 9.25. The molecule has 1 heterocycles. The van der Waals surface area contributed by atoms with E-state index >= 15 is 0 Å². The van der Waals surface area contributed by atoms with E-state index in [-0.39, 0.29) is 17.1 Å². The van der Waals surface area contributed by atoms with Gasteiger partial charge in [-0.15, -0.1) is 0 Å². The second-order valence-electron chi connectivity index (χ2n) is 3.92. The fourth-order valence-electron chi connectivity index (χ4n) is 1.67. The fourth-order valence-corrected chi connectivity index (χ4v) is 1.67. The number of carboxylic acid groups (broad SMARTS) is 1. The van der Waals surface area contributed by atoms with Crippen molar-refractivity contribution in [1.82, 2.24) is 0 Å². The zero-order valence-corrected chi connectivity index (χ0v) is 10.7. The molecule has 0 aliphatic heterocycles. The molecule has 0 bridgehead atoms. The monoisotopic (exact) mass is 272 g/mol. The Balaban J connectivity index is 2.37. The van der Waals surface area contributed by atoms with E-state index in [0.29, 0.717) is 5.56 Å². The van der Waals surface area contributed by atoms with Crippen molar-refractivity contribution in [2.45, 2.75) is 0 Å². The lowest BCUT2D eigenvalue weighted by Gasteiger charge is -2.01. The van der Waals surface area contributed by atoms with Crippen LogP contribution < -0.4 is 0 Å². The lowest BCUT2D eigenvalue weighted by Crippen LogP contribution is -1.99. The summed E-state index contributed by atoms with van der Waals surface area (Å²) in [5.41, 5.74) is 0.632. The van der Waals surface area contributed by atoms with Gasteiger partial charge in [0.1, 0.15) is 5.76 Å². The van der Waals surface area contributed by atoms with Crippen LogP contribution in [-0.4, -0.2) is 24.2 Å². The predicted octanol–water partition coefficient (Wildman–Crippen LogP) is 2.69. The number of carbonyl (C=O) groups is 2. The van der Waals surface area contributed by atoms with Gasteiger partial charge in [0.15, 0.2) is 0 Å². The van der Waals surface area contributed by atoms with Crippen molar-refractivity contribution in [3.8, 4) is 0 Å². The highest BCUT2D eigenvalue weighted by Crippen LogP contribution is 2.20. The van der Waals surface area contributed by atoms with Gasteiger partial charge in [-0.25, -0.2) is 9.59 Å². The number of hydrogen-bond acceptors (Lipinski definition) is 4. The lowest BCUT2D eigenvalue weighted by molar-refractivity contribution is -0.130. The van der Waals surface area contributed by atoms with Crippen LogP contribution in [0, 0.1) is 0 Å². The zero-order valence-electron chi connectivity index (χ0n) is 10.7. The van der Waals surface area contributed by atoms with Gasteiger partial charge in [-0.1, -0.05) is 30.3 Å².